The van der Waals surface area contributed by atoms with E-state index in [1.54, 1.807) is 7.05 Å². The second-order valence-corrected chi connectivity index (χ2v) is 3.33. The molecule has 0 radical (unpaired) electrons. The maximum absolute atomic E-state index is 13.4. The first-order valence-electron chi connectivity index (χ1n) is 4.12. The predicted octanol–water partition coefficient (Wildman–Crippen LogP) is 1.31. The van der Waals surface area contributed by atoms with Crippen LogP contribution in [0.1, 0.15) is 11.6 Å². The first-order chi connectivity index (χ1) is 6.60. The van der Waals surface area contributed by atoms with Gasteiger partial charge in [-0.3, -0.25) is 0 Å². The number of nitrogens with two attached hydrogens (primary N) is 1. The number of halogens is 2. The van der Waals surface area contributed by atoms with E-state index in [1.807, 2.05) is 0 Å². The van der Waals surface area contributed by atoms with Gasteiger partial charge in [-0.05, 0) is 19.2 Å². The van der Waals surface area contributed by atoms with E-state index >= 15 is 0 Å². The molecule has 0 saturated heterocycles. The van der Waals surface area contributed by atoms with E-state index in [0.29, 0.717) is 5.56 Å². The normalized spacial score (nSPS) is 12.9. The third-order valence-corrected chi connectivity index (χ3v) is 2.35. The van der Waals surface area contributed by atoms with Crippen LogP contribution in [-0.4, -0.2) is 18.8 Å². The van der Waals surface area contributed by atoms with E-state index in [9.17, 15) is 4.39 Å². The molecule has 1 rings (SSSR count). The summed E-state index contributed by atoms with van der Waals surface area (Å²) < 4.78 is 13.4. The number of hydrogen-bond acceptors (Lipinski definition) is 3. The number of nitrogens with one attached hydrogen (secondary N) is 1. The van der Waals surface area contributed by atoms with Gasteiger partial charge in [0.05, 0.1) is 23.4 Å². The van der Waals surface area contributed by atoms with Crippen molar-refractivity contribution in [2.24, 2.45) is 0 Å². The summed E-state index contributed by atoms with van der Waals surface area (Å²) in [5, 5.41) is 12.0. The van der Waals surface area contributed by atoms with Crippen molar-refractivity contribution in [2.75, 3.05) is 19.4 Å². The van der Waals surface area contributed by atoms with Gasteiger partial charge in [0.25, 0.3) is 0 Å². The average Bonchev–Trinajstić information content (AvgIpc) is 2.15. The van der Waals surface area contributed by atoms with E-state index in [1.165, 1.54) is 6.07 Å². The van der Waals surface area contributed by atoms with E-state index in [-0.39, 0.29) is 17.3 Å². The van der Waals surface area contributed by atoms with Gasteiger partial charge in [0.15, 0.2) is 0 Å². The molecule has 0 saturated carbocycles. The molecule has 14 heavy (non-hydrogen) atoms. The van der Waals surface area contributed by atoms with E-state index in [4.69, 9.17) is 22.4 Å². The molecule has 0 heterocycles. The average molecular weight is 219 g/mol. The quantitative estimate of drug-likeness (QED) is 0.671. The monoisotopic (exact) mass is 218 g/mol. The van der Waals surface area contributed by atoms with Crippen molar-refractivity contribution in [3.05, 3.63) is 28.5 Å². The fourth-order valence-electron chi connectivity index (χ4n) is 1.19. The summed E-state index contributed by atoms with van der Waals surface area (Å²) in [6.07, 6.45) is 0. The fraction of sp³-hybridized carbons (Fsp3) is 0.333. The highest BCUT2D eigenvalue weighted by molar-refractivity contribution is 6.33. The summed E-state index contributed by atoms with van der Waals surface area (Å²) in [7, 11) is 1.63. The smallest absolute Gasteiger partial charge is 0.130 e. The standard InChI is InChI=1S/C9H12ClFN2O/c1-13-9(4-14)5-2-6(10)8(12)3-7(5)11/h2-3,9,13-14H,4,12H2,1H3/t9-/m1/s1. The van der Waals surface area contributed by atoms with Crippen molar-refractivity contribution in [3.63, 3.8) is 0 Å². The Labute approximate surface area is 86.7 Å². The maximum atomic E-state index is 13.4. The second kappa shape index (κ2) is 4.59. The summed E-state index contributed by atoms with van der Waals surface area (Å²) in [4.78, 5) is 0. The number of rotatable bonds is 3. The molecule has 0 fully saturated rings. The highest BCUT2D eigenvalue weighted by Crippen LogP contribution is 2.26. The third kappa shape index (κ3) is 2.15. The Bertz CT molecular complexity index is 329. The lowest BCUT2D eigenvalue weighted by molar-refractivity contribution is 0.248. The van der Waals surface area contributed by atoms with Gasteiger partial charge in [0.2, 0.25) is 0 Å². The Balaban J connectivity index is 3.14. The van der Waals surface area contributed by atoms with Crippen molar-refractivity contribution in [1.29, 1.82) is 0 Å². The topological polar surface area (TPSA) is 58.3 Å². The van der Waals surface area contributed by atoms with Crippen LogP contribution in [0.3, 0.4) is 0 Å². The minimum Gasteiger partial charge on any atom is -0.397 e. The Morgan fingerprint density at radius 2 is 2.29 bits per heavy atom. The summed E-state index contributed by atoms with van der Waals surface area (Å²) in [5.74, 6) is -0.472. The SMILES string of the molecule is CN[C@H](CO)c1cc(Cl)c(N)cc1F. The van der Waals surface area contributed by atoms with E-state index in [0.717, 1.165) is 6.07 Å². The Morgan fingerprint density at radius 1 is 1.64 bits per heavy atom. The third-order valence-electron chi connectivity index (χ3n) is 2.02. The highest BCUT2D eigenvalue weighted by atomic mass is 35.5. The minimum atomic E-state index is -0.472. The van der Waals surface area contributed by atoms with Crippen LogP contribution in [0.15, 0.2) is 12.1 Å². The highest BCUT2D eigenvalue weighted by Gasteiger charge is 2.14. The lowest BCUT2D eigenvalue weighted by atomic mass is 10.1. The first kappa shape index (κ1) is 11.2. The van der Waals surface area contributed by atoms with Crippen LogP contribution in [0.4, 0.5) is 10.1 Å². The molecule has 0 aliphatic carbocycles. The van der Waals surface area contributed by atoms with Crippen LogP contribution in [0.5, 0.6) is 0 Å². The van der Waals surface area contributed by atoms with Crippen LogP contribution < -0.4 is 11.1 Å². The molecule has 0 bridgehead atoms. The molecule has 0 amide bonds. The molecule has 0 spiro atoms. The Morgan fingerprint density at radius 3 is 2.79 bits per heavy atom. The van der Waals surface area contributed by atoms with Crippen molar-refractivity contribution < 1.29 is 9.50 Å². The van der Waals surface area contributed by atoms with Crippen LogP contribution in [0, 0.1) is 5.82 Å². The van der Waals surface area contributed by atoms with Gasteiger partial charge in [-0.15, -0.1) is 0 Å². The van der Waals surface area contributed by atoms with Crippen LogP contribution in [0.25, 0.3) is 0 Å². The lowest BCUT2D eigenvalue weighted by Crippen LogP contribution is -2.21. The molecular formula is C9H12ClFN2O. The van der Waals surface area contributed by atoms with Crippen LogP contribution in [-0.2, 0) is 0 Å². The molecule has 0 aliphatic rings. The second-order valence-electron chi connectivity index (χ2n) is 2.92. The summed E-state index contributed by atoms with van der Waals surface area (Å²) in [6.45, 7) is -0.201. The number of nitrogen functional groups attached to an aromatic ring is 1. The summed E-state index contributed by atoms with van der Waals surface area (Å²) in [5.41, 5.74) is 5.93. The number of anilines is 1. The number of likely N-dealkylation sites (N-methyl/N-ethyl adjacent to an activating group) is 1. The van der Waals surface area contributed by atoms with Crippen molar-refractivity contribution in [1.82, 2.24) is 5.32 Å². The molecule has 1 atom stereocenters. The van der Waals surface area contributed by atoms with Crippen molar-refractivity contribution >= 4 is 17.3 Å². The molecule has 1 aromatic carbocycles. The number of aliphatic hydroxyl groups is 1. The molecule has 3 nitrogen and oxygen atoms in total. The zero-order valence-corrected chi connectivity index (χ0v) is 8.48. The minimum absolute atomic E-state index is 0.195. The first-order valence-corrected chi connectivity index (χ1v) is 4.50. The van der Waals surface area contributed by atoms with Gasteiger partial charge < -0.3 is 16.2 Å². The van der Waals surface area contributed by atoms with Gasteiger partial charge >= 0.3 is 0 Å². The maximum Gasteiger partial charge on any atom is 0.130 e. The molecule has 0 aliphatic heterocycles. The molecule has 1 aromatic rings. The number of aliphatic hydroxyl groups excluding tert-OH is 1. The van der Waals surface area contributed by atoms with Crippen molar-refractivity contribution in [3.8, 4) is 0 Å². The number of benzene rings is 1. The van der Waals surface area contributed by atoms with Crippen molar-refractivity contribution in [2.45, 2.75) is 6.04 Å². The molecule has 5 heteroatoms. The summed E-state index contributed by atoms with van der Waals surface area (Å²) >= 11 is 5.74. The van der Waals surface area contributed by atoms with Gasteiger partial charge in [-0.2, -0.15) is 0 Å². The molecular weight excluding hydrogens is 207 g/mol. The van der Waals surface area contributed by atoms with E-state index < -0.39 is 11.9 Å². The van der Waals surface area contributed by atoms with Gasteiger partial charge in [0, 0.05) is 5.56 Å². The molecule has 0 unspecified atom stereocenters. The number of hydrogen-bond donors (Lipinski definition) is 3. The molecule has 78 valence electrons. The molecule has 0 aromatic heterocycles. The molecule has 4 N–H and O–H groups in total. The fourth-order valence-corrected chi connectivity index (χ4v) is 1.36. The van der Waals surface area contributed by atoms with Gasteiger partial charge in [0.1, 0.15) is 5.82 Å². The van der Waals surface area contributed by atoms with Gasteiger partial charge in [-0.1, -0.05) is 11.6 Å². The largest absolute Gasteiger partial charge is 0.397 e. The van der Waals surface area contributed by atoms with Crippen LogP contribution >= 0.6 is 11.6 Å². The predicted molar refractivity (Wildman–Crippen MR) is 54.7 cm³/mol. The zero-order valence-electron chi connectivity index (χ0n) is 7.72. The Kier molecular flexibility index (Phi) is 3.69. The van der Waals surface area contributed by atoms with E-state index in [2.05, 4.69) is 5.32 Å². The Hall–Kier alpha value is -0.840. The van der Waals surface area contributed by atoms with Crippen LogP contribution in [0.2, 0.25) is 5.02 Å². The lowest BCUT2D eigenvalue weighted by Gasteiger charge is -2.15. The summed E-state index contributed by atoms with van der Waals surface area (Å²) in [6, 6.07) is 2.11. The van der Waals surface area contributed by atoms with Gasteiger partial charge in [-0.25, -0.2) is 4.39 Å². The zero-order chi connectivity index (χ0) is 10.7.